The van der Waals surface area contributed by atoms with Gasteiger partial charge in [-0.1, -0.05) is 36.2 Å². The van der Waals surface area contributed by atoms with Gasteiger partial charge in [0.05, 0.1) is 11.1 Å². The van der Waals surface area contributed by atoms with Crippen LogP contribution in [0.2, 0.25) is 0 Å². The van der Waals surface area contributed by atoms with Gasteiger partial charge in [0.25, 0.3) is 11.8 Å². The van der Waals surface area contributed by atoms with Gasteiger partial charge in [0.2, 0.25) is 17.7 Å². The van der Waals surface area contributed by atoms with Crippen molar-refractivity contribution in [2.45, 2.75) is 70.3 Å². The lowest BCUT2D eigenvalue weighted by Crippen LogP contribution is -2.54. The Labute approximate surface area is 234 Å². The Morgan fingerprint density at radius 3 is 2.35 bits per heavy atom. The molecular weight excluding hydrogens is 508 g/mol. The summed E-state index contributed by atoms with van der Waals surface area (Å²) in [6, 6.07) is 12.8. The second-order valence-electron chi connectivity index (χ2n) is 11.0. The first-order valence-electron chi connectivity index (χ1n) is 14.3. The summed E-state index contributed by atoms with van der Waals surface area (Å²) in [6.45, 7) is 4.41. The predicted molar refractivity (Wildman–Crippen MR) is 150 cm³/mol. The molecule has 0 spiro atoms. The molecule has 0 bridgehead atoms. The number of carbonyl (C=O) groups excluding carboxylic acids is 5. The zero-order chi connectivity index (χ0) is 28.2. The molecule has 5 amide bonds. The van der Waals surface area contributed by atoms with Crippen LogP contribution in [-0.2, 0) is 14.4 Å². The van der Waals surface area contributed by atoms with Gasteiger partial charge in [0.1, 0.15) is 6.04 Å². The number of piperidine rings is 2. The Bertz CT molecular complexity index is 1310. The second kappa shape index (κ2) is 12.0. The van der Waals surface area contributed by atoms with Crippen LogP contribution in [0.5, 0.6) is 0 Å². The van der Waals surface area contributed by atoms with Crippen LogP contribution in [0.15, 0.2) is 42.5 Å². The number of hydrogen-bond donors (Lipinski definition) is 2. The highest BCUT2D eigenvalue weighted by atomic mass is 16.2. The third-order valence-corrected chi connectivity index (χ3v) is 8.23. The molecule has 0 radical (unpaired) electrons. The number of imide groups is 2. The van der Waals surface area contributed by atoms with Crippen LogP contribution in [-0.4, -0.2) is 65.0 Å². The molecule has 2 fully saturated rings. The van der Waals surface area contributed by atoms with Crippen molar-refractivity contribution in [2.75, 3.05) is 25.0 Å². The molecular formula is C31H36N4O5. The number of aryl methyl sites for hydroxylation is 1. The summed E-state index contributed by atoms with van der Waals surface area (Å²) in [7, 11) is 0. The quantitative estimate of drug-likeness (QED) is 0.367. The lowest BCUT2D eigenvalue weighted by atomic mass is 9.89. The Balaban J connectivity index is 1.02. The summed E-state index contributed by atoms with van der Waals surface area (Å²) in [5.41, 5.74) is 3.88. The van der Waals surface area contributed by atoms with E-state index in [1.165, 1.54) is 11.1 Å². The zero-order valence-electron chi connectivity index (χ0n) is 22.9. The van der Waals surface area contributed by atoms with E-state index >= 15 is 0 Å². The van der Waals surface area contributed by atoms with E-state index in [1.54, 1.807) is 18.2 Å². The van der Waals surface area contributed by atoms with Crippen molar-refractivity contribution in [3.8, 4) is 0 Å². The molecule has 0 saturated carbocycles. The summed E-state index contributed by atoms with van der Waals surface area (Å²) in [6.07, 6.45) is 5.42. The van der Waals surface area contributed by atoms with Crippen LogP contribution in [0.4, 0.5) is 5.69 Å². The molecule has 1 unspecified atom stereocenters. The fourth-order valence-electron chi connectivity index (χ4n) is 5.85. The fraction of sp³-hybridized carbons (Fsp3) is 0.452. The zero-order valence-corrected chi connectivity index (χ0v) is 22.9. The molecule has 9 nitrogen and oxygen atoms in total. The Morgan fingerprint density at radius 1 is 0.900 bits per heavy atom. The molecule has 2 N–H and O–H groups in total. The summed E-state index contributed by atoms with van der Waals surface area (Å²) in [5, 5.41) is 5.50. The number of anilines is 1. The molecule has 2 aromatic carbocycles. The molecule has 2 saturated heterocycles. The van der Waals surface area contributed by atoms with Gasteiger partial charge in [-0.15, -0.1) is 0 Å². The van der Waals surface area contributed by atoms with Gasteiger partial charge in [0, 0.05) is 38.2 Å². The lowest BCUT2D eigenvalue weighted by molar-refractivity contribution is -0.136. The fourth-order valence-corrected chi connectivity index (χ4v) is 5.85. The highest BCUT2D eigenvalue weighted by molar-refractivity contribution is 6.23. The normalized spacial score (nSPS) is 19.6. The van der Waals surface area contributed by atoms with E-state index in [0.29, 0.717) is 18.9 Å². The van der Waals surface area contributed by atoms with E-state index in [0.717, 1.165) is 55.8 Å². The first-order valence-corrected chi connectivity index (χ1v) is 14.3. The van der Waals surface area contributed by atoms with E-state index in [9.17, 15) is 24.0 Å². The minimum atomic E-state index is -0.969. The van der Waals surface area contributed by atoms with E-state index < -0.39 is 29.7 Å². The molecule has 0 aliphatic carbocycles. The standard InChI is InChI=1S/C31H36N4O5/c1-20-6-8-21(9-7-20)22-14-17-34(18-15-22)28(37)5-3-2-4-16-32-23-10-11-24-25(19-23)31(40)35(30(24)39)26-12-13-27(36)33-29(26)38/h6-11,19,22,26,32H,2-5,12-18H2,1H3,(H,33,36,38). The van der Waals surface area contributed by atoms with Gasteiger partial charge < -0.3 is 10.2 Å². The second-order valence-corrected chi connectivity index (χ2v) is 11.0. The monoisotopic (exact) mass is 544 g/mol. The summed E-state index contributed by atoms with van der Waals surface area (Å²) in [4.78, 5) is 65.1. The average molecular weight is 545 g/mol. The van der Waals surface area contributed by atoms with Gasteiger partial charge in [-0.25, -0.2) is 0 Å². The van der Waals surface area contributed by atoms with Gasteiger partial charge in [-0.2, -0.15) is 0 Å². The van der Waals surface area contributed by atoms with Crippen molar-refractivity contribution in [3.63, 3.8) is 0 Å². The predicted octanol–water partition coefficient (Wildman–Crippen LogP) is 3.77. The molecule has 40 heavy (non-hydrogen) atoms. The number of carbonyl (C=O) groups is 5. The van der Waals surface area contributed by atoms with Crippen molar-refractivity contribution in [1.82, 2.24) is 15.1 Å². The van der Waals surface area contributed by atoms with Crippen LogP contribution in [0, 0.1) is 6.92 Å². The molecule has 9 heteroatoms. The maximum atomic E-state index is 13.0. The first-order chi connectivity index (χ1) is 19.3. The van der Waals surface area contributed by atoms with Crippen LogP contribution >= 0.6 is 0 Å². The van der Waals surface area contributed by atoms with E-state index in [1.807, 2.05) is 4.90 Å². The lowest BCUT2D eigenvalue weighted by Gasteiger charge is -2.32. The third-order valence-electron chi connectivity index (χ3n) is 8.23. The number of nitrogens with one attached hydrogen (secondary N) is 2. The van der Waals surface area contributed by atoms with E-state index in [4.69, 9.17) is 0 Å². The number of likely N-dealkylation sites (tertiary alicyclic amines) is 1. The maximum absolute atomic E-state index is 13.0. The summed E-state index contributed by atoms with van der Waals surface area (Å²) in [5.74, 6) is -1.27. The van der Waals surface area contributed by atoms with Gasteiger partial charge in [0.15, 0.2) is 0 Å². The molecule has 5 rings (SSSR count). The Hall–Kier alpha value is -4.01. The molecule has 3 heterocycles. The SMILES string of the molecule is Cc1ccc(C2CCN(C(=O)CCCCCNc3ccc4c(c3)C(=O)N(C3CCC(=O)NC3=O)C4=O)CC2)cc1. The number of fused-ring (bicyclic) bond motifs is 1. The Morgan fingerprint density at radius 2 is 1.62 bits per heavy atom. The number of hydrogen-bond acceptors (Lipinski definition) is 6. The number of rotatable bonds is 9. The molecule has 1 atom stereocenters. The average Bonchev–Trinajstić information content (AvgIpc) is 3.20. The van der Waals surface area contributed by atoms with Crippen molar-refractivity contribution >= 4 is 35.2 Å². The van der Waals surface area contributed by atoms with Crippen LogP contribution < -0.4 is 10.6 Å². The number of unbranched alkanes of at least 4 members (excludes halogenated alkanes) is 2. The van der Waals surface area contributed by atoms with Gasteiger partial charge in [-0.05, 0) is 68.7 Å². The molecule has 210 valence electrons. The molecule has 2 aromatic rings. The van der Waals surface area contributed by atoms with Crippen molar-refractivity contribution in [3.05, 3.63) is 64.7 Å². The first kappa shape index (κ1) is 27.6. The van der Waals surface area contributed by atoms with E-state index in [2.05, 4.69) is 41.8 Å². The van der Waals surface area contributed by atoms with Gasteiger partial charge >= 0.3 is 0 Å². The minimum Gasteiger partial charge on any atom is -0.385 e. The maximum Gasteiger partial charge on any atom is 0.262 e. The molecule has 3 aliphatic rings. The smallest absolute Gasteiger partial charge is 0.262 e. The molecule has 3 aliphatic heterocycles. The minimum absolute atomic E-state index is 0.0920. The topological polar surface area (TPSA) is 116 Å². The number of amides is 5. The van der Waals surface area contributed by atoms with E-state index in [-0.39, 0.29) is 29.9 Å². The van der Waals surface area contributed by atoms with Crippen LogP contribution in [0.1, 0.15) is 89.1 Å². The number of benzene rings is 2. The van der Waals surface area contributed by atoms with Crippen molar-refractivity contribution in [2.24, 2.45) is 0 Å². The Kier molecular flexibility index (Phi) is 8.28. The third kappa shape index (κ3) is 5.93. The highest BCUT2D eigenvalue weighted by Crippen LogP contribution is 2.30. The summed E-state index contributed by atoms with van der Waals surface area (Å²) < 4.78 is 0. The molecule has 0 aromatic heterocycles. The number of nitrogens with zero attached hydrogens (tertiary/aromatic N) is 2. The largest absolute Gasteiger partial charge is 0.385 e. The highest BCUT2D eigenvalue weighted by Gasteiger charge is 2.44. The van der Waals surface area contributed by atoms with Crippen molar-refractivity contribution in [1.29, 1.82) is 0 Å². The van der Waals surface area contributed by atoms with Crippen LogP contribution in [0.3, 0.4) is 0 Å². The van der Waals surface area contributed by atoms with Crippen LogP contribution in [0.25, 0.3) is 0 Å². The van der Waals surface area contributed by atoms with Crippen molar-refractivity contribution < 1.29 is 24.0 Å². The summed E-state index contributed by atoms with van der Waals surface area (Å²) >= 11 is 0. The van der Waals surface area contributed by atoms with Gasteiger partial charge in [-0.3, -0.25) is 34.2 Å².